The zero-order valence-corrected chi connectivity index (χ0v) is 19.8. The van der Waals surface area contributed by atoms with Gasteiger partial charge in [0.05, 0.1) is 5.60 Å². The van der Waals surface area contributed by atoms with Gasteiger partial charge in [-0.05, 0) is 130 Å². The van der Waals surface area contributed by atoms with Crippen LogP contribution in [0.2, 0.25) is 0 Å². The second-order valence-corrected chi connectivity index (χ2v) is 13.1. The molecule has 0 aromatic carbocycles. The van der Waals surface area contributed by atoms with Gasteiger partial charge in [0.2, 0.25) is 0 Å². The average molecular weight is 389 g/mol. The van der Waals surface area contributed by atoms with Gasteiger partial charge in [-0.2, -0.15) is 0 Å². The fourth-order valence-electron chi connectivity index (χ4n) is 9.23. The molecule has 1 N–H and O–H groups in total. The highest BCUT2D eigenvalue weighted by molar-refractivity contribution is 5.09. The maximum atomic E-state index is 10.2. The van der Waals surface area contributed by atoms with Crippen molar-refractivity contribution in [2.24, 2.45) is 52.3 Å². The molecule has 0 amide bonds. The molecule has 1 nitrogen and oxygen atoms in total. The lowest BCUT2D eigenvalue weighted by Crippen LogP contribution is -2.53. The predicted molar refractivity (Wildman–Crippen MR) is 119 cm³/mol. The first-order chi connectivity index (χ1) is 13.0. The van der Waals surface area contributed by atoms with Crippen LogP contribution in [0.4, 0.5) is 0 Å². The van der Waals surface area contributed by atoms with Crippen LogP contribution in [0, 0.1) is 52.3 Å². The summed E-state index contributed by atoms with van der Waals surface area (Å²) in [6.07, 6.45) is 15.6. The Morgan fingerprint density at radius 2 is 1.61 bits per heavy atom. The minimum absolute atomic E-state index is 0.504. The third kappa shape index (κ3) is 3.50. The van der Waals surface area contributed by atoms with Crippen LogP contribution in [-0.4, -0.2) is 10.7 Å². The maximum Gasteiger partial charge on any atom is 0.0591 e. The zero-order chi connectivity index (χ0) is 20.3. The van der Waals surface area contributed by atoms with Gasteiger partial charge in [-0.3, -0.25) is 0 Å². The lowest BCUT2D eigenvalue weighted by molar-refractivity contribution is -0.120. The van der Waals surface area contributed by atoms with Crippen molar-refractivity contribution in [2.45, 2.75) is 118 Å². The number of hydrogen-bond acceptors (Lipinski definition) is 1. The van der Waals surface area contributed by atoms with Crippen LogP contribution in [0.3, 0.4) is 0 Å². The van der Waals surface area contributed by atoms with Gasteiger partial charge in [0, 0.05) is 0 Å². The number of fused-ring (bicyclic) bond motifs is 5. The molecule has 4 aliphatic carbocycles. The molecule has 0 saturated heterocycles. The van der Waals surface area contributed by atoms with Crippen molar-refractivity contribution in [3.05, 3.63) is 0 Å². The minimum atomic E-state index is -0.504. The second kappa shape index (κ2) is 7.28. The fraction of sp³-hybridized carbons (Fsp3) is 1.00. The molecule has 9 atom stereocenters. The van der Waals surface area contributed by atoms with E-state index in [4.69, 9.17) is 0 Å². The van der Waals surface area contributed by atoms with Crippen LogP contribution in [0.25, 0.3) is 0 Å². The molecule has 0 heterocycles. The van der Waals surface area contributed by atoms with E-state index in [2.05, 4.69) is 27.7 Å². The Hall–Kier alpha value is -0.0400. The van der Waals surface area contributed by atoms with Crippen molar-refractivity contribution in [3.63, 3.8) is 0 Å². The summed E-state index contributed by atoms with van der Waals surface area (Å²) in [4.78, 5) is 0. The van der Waals surface area contributed by atoms with Crippen molar-refractivity contribution in [2.75, 3.05) is 0 Å². The Morgan fingerprint density at radius 3 is 2.32 bits per heavy atom. The molecule has 1 heteroatoms. The van der Waals surface area contributed by atoms with Gasteiger partial charge >= 0.3 is 0 Å². The molecule has 4 fully saturated rings. The molecular weight excluding hydrogens is 340 g/mol. The molecule has 4 aliphatic rings. The van der Waals surface area contributed by atoms with Gasteiger partial charge in [-0.1, -0.05) is 34.1 Å². The van der Waals surface area contributed by atoms with E-state index in [1.807, 2.05) is 13.8 Å². The molecule has 8 unspecified atom stereocenters. The van der Waals surface area contributed by atoms with Crippen molar-refractivity contribution in [1.29, 1.82) is 0 Å². The maximum absolute atomic E-state index is 10.2. The average Bonchev–Trinajstić information content (AvgIpc) is 2.97. The van der Waals surface area contributed by atoms with E-state index in [0.717, 1.165) is 47.8 Å². The molecule has 4 rings (SSSR count). The molecule has 0 spiro atoms. The number of aliphatic hydroxyl groups is 1. The first-order valence-electron chi connectivity index (χ1n) is 12.8. The van der Waals surface area contributed by atoms with Crippen molar-refractivity contribution in [3.8, 4) is 0 Å². The molecule has 0 radical (unpaired) electrons. The summed E-state index contributed by atoms with van der Waals surface area (Å²) in [6, 6.07) is 0. The molecule has 0 aliphatic heterocycles. The van der Waals surface area contributed by atoms with Crippen LogP contribution in [0.1, 0.15) is 112 Å². The highest BCUT2D eigenvalue weighted by atomic mass is 16.3. The SMILES string of the molecule is CC1CCC2(C)C(CCC3C2CCC2(C)C3CCC2[C@H](C)CCC(C)(C)O)C1. The van der Waals surface area contributed by atoms with Gasteiger partial charge in [-0.15, -0.1) is 0 Å². The first kappa shape index (κ1) is 21.2. The summed E-state index contributed by atoms with van der Waals surface area (Å²) in [5.74, 6) is 6.65. The molecule has 28 heavy (non-hydrogen) atoms. The third-order valence-electron chi connectivity index (χ3n) is 10.9. The summed E-state index contributed by atoms with van der Waals surface area (Å²) >= 11 is 0. The lowest BCUT2D eigenvalue weighted by Gasteiger charge is -2.61. The molecule has 4 saturated carbocycles. The van der Waals surface area contributed by atoms with E-state index >= 15 is 0 Å². The van der Waals surface area contributed by atoms with Crippen molar-refractivity contribution < 1.29 is 5.11 Å². The van der Waals surface area contributed by atoms with E-state index in [1.165, 1.54) is 64.2 Å². The van der Waals surface area contributed by atoms with Crippen molar-refractivity contribution >= 4 is 0 Å². The second-order valence-electron chi connectivity index (χ2n) is 13.1. The minimum Gasteiger partial charge on any atom is -0.390 e. The van der Waals surface area contributed by atoms with Gasteiger partial charge in [0.15, 0.2) is 0 Å². The van der Waals surface area contributed by atoms with E-state index in [-0.39, 0.29) is 0 Å². The monoisotopic (exact) mass is 388 g/mol. The quantitative estimate of drug-likeness (QED) is 0.529. The Morgan fingerprint density at radius 1 is 0.929 bits per heavy atom. The molecule has 0 bridgehead atoms. The first-order valence-corrected chi connectivity index (χ1v) is 12.8. The zero-order valence-electron chi connectivity index (χ0n) is 19.8. The number of rotatable bonds is 4. The Bertz CT molecular complexity index is 561. The largest absolute Gasteiger partial charge is 0.390 e. The van der Waals surface area contributed by atoms with Gasteiger partial charge in [-0.25, -0.2) is 0 Å². The van der Waals surface area contributed by atoms with E-state index in [9.17, 15) is 5.11 Å². The molecule has 0 aromatic heterocycles. The normalized spacial score (nSPS) is 49.8. The predicted octanol–water partition coefficient (Wildman–Crippen LogP) is 7.47. The summed E-state index contributed by atoms with van der Waals surface area (Å²) in [5, 5.41) is 10.2. The van der Waals surface area contributed by atoms with Crippen LogP contribution in [-0.2, 0) is 0 Å². The summed E-state index contributed by atoms with van der Waals surface area (Å²) < 4.78 is 0. The van der Waals surface area contributed by atoms with Gasteiger partial charge < -0.3 is 5.11 Å². The lowest BCUT2D eigenvalue weighted by atomic mass is 9.44. The Kier molecular flexibility index (Phi) is 5.51. The van der Waals surface area contributed by atoms with E-state index < -0.39 is 5.60 Å². The Balaban J connectivity index is 1.49. The highest BCUT2D eigenvalue weighted by Crippen LogP contribution is 2.68. The highest BCUT2D eigenvalue weighted by Gasteiger charge is 2.60. The summed E-state index contributed by atoms with van der Waals surface area (Å²) in [7, 11) is 0. The number of hydrogen-bond donors (Lipinski definition) is 1. The van der Waals surface area contributed by atoms with Crippen LogP contribution in [0.15, 0.2) is 0 Å². The van der Waals surface area contributed by atoms with E-state index in [0.29, 0.717) is 10.8 Å². The van der Waals surface area contributed by atoms with Crippen LogP contribution < -0.4 is 0 Å². The summed E-state index contributed by atoms with van der Waals surface area (Å²) in [5.41, 5.74) is 0.725. The topological polar surface area (TPSA) is 20.2 Å². The Labute approximate surface area is 175 Å². The standard InChI is InChI=1S/C27H48O/c1-18-11-15-26(5)20(17-18)7-8-21-23-10-9-22(19(2)12-14-25(3,4)28)27(23,6)16-13-24(21)26/h18-24,28H,7-17H2,1-6H3/t18?,19-,20?,21?,22?,23?,24?,26?,27?/m1/s1. The van der Waals surface area contributed by atoms with Crippen LogP contribution >= 0.6 is 0 Å². The smallest absolute Gasteiger partial charge is 0.0591 e. The van der Waals surface area contributed by atoms with Crippen molar-refractivity contribution in [1.82, 2.24) is 0 Å². The van der Waals surface area contributed by atoms with Gasteiger partial charge in [0.1, 0.15) is 0 Å². The molecule has 0 aromatic rings. The molecular formula is C27H48O. The third-order valence-corrected chi connectivity index (χ3v) is 10.9. The summed E-state index contributed by atoms with van der Waals surface area (Å²) in [6.45, 7) is 14.4. The molecule has 162 valence electrons. The van der Waals surface area contributed by atoms with Crippen LogP contribution in [0.5, 0.6) is 0 Å². The van der Waals surface area contributed by atoms with E-state index in [1.54, 1.807) is 0 Å². The van der Waals surface area contributed by atoms with Gasteiger partial charge in [0.25, 0.3) is 0 Å². The fourth-order valence-corrected chi connectivity index (χ4v) is 9.23.